The van der Waals surface area contributed by atoms with Gasteiger partial charge in [-0.15, -0.1) is 0 Å². The van der Waals surface area contributed by atoms with E-state index in [9.17, 15) is 9.59 Å². The van der Waals surface area contributed by atoms with Gasteiger partial charge >= 0.3 is 0 Å². The first-order valence-electron chi connectivity index (χ1n) is 8.86. The largest absolute Gasteiger partial charge is 0.312 e. The van der Waals surface area contributed by atoms with E-state index in [1.54, 1.807) is 4.90 Å². The number of aryl methyl sites for hydroxylation is 2. The minimum absolute atomic E-state index is 0.117. The first-order valence-corrected chi connectivity index (χ1v) is 8.86. The van der Waals surface area contributed by atoms with Gasteiger partial charge in [0.15, 0.2) is 0 Å². The smallest absolute Gasteiger partial charge is 0.229 e. The maximum atomic E-state index is 12.6. The van der Waals surface area contributed by atoms with Gasteiger partial charge in [-0.2, -0.15) is 5.10 Å². The molecule has 0 saturated heterocycles. The van der Waals surface area contributed by atoms with Gasteiger partial charge in [-0.25, -0.2) is 4.68 Å². The molecule has 2 aliphatic rings. The second-order valence-corrected chi connectivity index (χ2v) is 6.69. The highest BCUT2D eigenvalue weighted by Gasteiger charge is 2.27. The summed E-state index contributed by atoms with van der Waals surface area (Å²) in [7, 11) is 0. The van der Waals surface area contributed by atoms with E-state index in [0.29, 0.717) is 32.4 Å². The van der Waals surface area contributed by atoms with Crippen molar-refractivity contribution in [1.82, 2.24) is 9.78 Å². The highest BCUT2D eigenvalue weighted by Crippen LogP contribution is 2.28. The quantitative estimate of drug-likeness (QED) is 0.859. The third kappa shape index (κ3) is 2.92. The average molecular weight is 338 g/mol. The fourth-order valence-electron chi connectivity index (χ4n) is 3.74. The van der Waals surface area contributed by atoms with Crippen molar-refractivity contribution in [1.29, 1.82) is 0 Å². The molecule has 0 atom stereocenters. The number of para-hydroxylation sites is 1. The van der Waals surface area contributed by atoms with E-state index in [1.807, 2.05) is 40.8 Å². The van der Waals surface area contributed by atoms with Gasteiger partial charge < -0.3 is 4.90 Å². The molecule has 6 nitrogen and oxygen atoms in total. The minimum atomic E-state index is 0.117. The Balaban J connectivity index is 1.38. The van der Waals surface area contributed by atoms with Crippen LogP contribution in [0.15, 0.2) is 30.3 Å². The Morgan fingerprint density at radius 3 is 2.92 bits per heavy atom. The monoisotopic (exact) mass is 338 g/mol. The van der Waals surface area contributed by atoms with Crippen LogP contribution in [0.5, 0.6) is 0 Å². The third-order valence-corrected chi connectivity index (χ3v) is 4.96. The predicted molar refractivity (Wildman–Crippen MR) is 95.7 cm³/mol. The molecule has 25 heavy (non-hydrogen) atoms. The number of carbonyl (C=O) groups is 2. The molecule has 2 aromatic rings. The van der Waals surface area contributed by atoms with Gasteiger partial charge in [0.25, 0.3) is 0 Å². The molecule has 6 heteroatoms. The number of carbonyl (C=O) groups excluding carboxylic acids is 2. The van der Waals surface area contributed by atoms with Crippen LogP contribution < -0.4 is 9.80 Å². The molecule has 0 bridgehead atoms. The van der Waals surface area contributed by atoms with Crippen molar-refractivity contribution in [3.05, 3.63) is 41.6 Å². The molecular formula is C19H22N4O2. The second-order valence-electron chi connectivity index (χ2n) is 6.69. The summed E-state index contributed by atoms with van der Waals surface area (Å²) in [5.74, 6) is 1.11. The van der Waals surface area contributed by atoms with Crippen LogP contribution in [0.2, 0.25) is 0 Å². The lowest BCUT2D eigenvalue weighted by atomic mass is 10.2. The van der Waals surface area contributed by atoms with E-state index in [2.05, 4.69) is 11.2 Å². The van der Waals surface area contributed by atoms with E-state index in [0.717, 1.165) is 30.2 Å². The molecule has 2 aliphatic heterocycles. The fraction of sp³-hybridized carbons (Fsp3) is 0.421. The summed E-state index contributed by atoms with van der Waals surface area (Å²) >= 11 is 0. The van der Waals surface area contributed by atoms with Gasteiger partial charge in [-0.1, -0.05) is 18.2 Å². The van der Waals surface area contributed by atoms with Crippen LogP contribution in [0.1, 0.15) is 30.5 Å². The van der Waals surface area contributed by atoms with Crippen LogP contribution in [0, 0.1) is 6.92 Å². The molecule has 0 spiro atoms. The normalized spacial score (nSPS) is 16.1. The van der Waals surface area contributed by atoms with Crippen molar-refractivity contribution in [3.63, 3.8) is 0 Å². The Morgan fingerprint density at radius 2 is 2.04 bits per heavy atom. The summed E-state index contributed by atoms with van der Waals surface area (Å²) in [5, 5.41) is 4.41. The van der Waals surface area contributed by atoms with Crippen molar-refractivity contribution < 1.29 is 9.59 Å². The van der Waals surface area contributed by atoms with E-state index in [1.165, 1.54) is 5.56 Å². The lowest BCUT2D eigenvalue weighted by Crippen LogP contribution is -2.38. The maximum Gasteiger partial charge on any atom is 0.229 e. The van der Waals surface area contributed by atoms with Crippen LogP contribution in [-0.4, -0.2) is 34.7 Å². The molecule has 1 aromatic heterocycles. The summed E-state index contributed by atoms with van der Waals surface area (Å²) in [5.41, 5.74) is 3.19. The van der Waals surface area contributed by atoms with Gasteiger partial charge in [-0.3, -0.25) is 14.5 Å². The van der Waals surface area contributed by atoms with Gasteiger partial charge in [0.05, 0.1) is 12.2 Å². The molecule has 130 valence electrons. The number of fused-ring (bicyclic) bond motifs is 2. The summed E-state index contributed by atoms with van der Waals surface area (Å²) in [6.45, 7) is 3.89. The molecule has 0 aliphatic carbocycles. The fourth-order valence-corrected chi connectivity index (χ4v) is 3.74. The number of anilines is 2. The zero-order chi connectivity index (χ0) is 17.4. The van der Waals surface area contributed by atoms with Crippen LogP contribution in [0.4, 0.5) is 11.5 Å². The lowest BCUT2D eigenvalue weighted by molar-refractivity contribution is -0.120. The standard InChI is InChI=1S/C19H22N4O2/c1-14-13-17-22(19(25)9-12-23(17)20-14)10-4-7-18(24)21-11-8-15-5-2-3-6-16(15)21/h2-3,5-6,13H,4,7-12H2,1H3. The number of amides is 2. The number of nitrogens with zero attached hydrogens (tertiary/aromatic N) is 4. The number of benzene rings is 1. The molecule has 1 aromatic carbocycles. The van der Waals surface area contributed by atoms with E-state index >= 15 is 0 Å². The maximum absolute atomic E-state index is 12.6. The Morgan fingerprint density at radius 1 is 1.20 bits per heavy atom. The highest BCUT2D eigenvalue weighted by atomic mass is 16.2. The van der Waals surface area contributed by atoms with Crippen LogP contribution in [-0.2, 0) is 22.6 Å². The van der Waals surface area contributed by atoms with Crippen molar-refractivity contribution in [2.45, 2.75) is 39.2 Å². The van der Waals surface area contributed by atoms with E-state index in [4.69, 9.17) is 0 Å². The Hall–Kier alpha value is -2.63. The minimum Gasteiger partial charge on any atom is -0.312 e. The van der Waals surface area contributed by atoms with Gasteiger partial charge in [0.2, 0.25) is 11.8 Å². The van der Waals surface area contributed by atoms with Crippen molar-refractivity contribution >= 4 is 23.3 Å². The predicted octanol–water partition coefficient (Wildman–Crippen LogP) is 2.30. The van der Waals surface area contributed by atoms with Gasteiger partial charge in [0.1, 0.15) is 5.82 Å². The molecular weight excluding hydrogens is 316 g/mol. The molecule has 0 saturated carbocycles. The molecule has 0 unspecified atom stereocenters. The van der Waals surface area contributed by atoms with Crippen molar-refractivity contribution in [2.75, 3.05) is 22.9 Å². The number of rotatable bonds is 4. The van der Waals surface area contributed by atoms with Crippen LogP contribution in [0.25, 0.3) is 0 Å². The van der Waals surface area contributed by atoms with Crippen LogP contribution >= 0.6 is 0 Å². The third-order valence-electron chi connectivity index (χ3n) is 4.96. The molecule has 3 heterocycles. The van der Waals surface area contributed by atoms with Gasteiger partial charge in [0, 0.05) is 37.7 Å². The Labute approximate surface area is 147 Å². The van der Waals surface area contributed by atoms with Crippen molar-refractivity contribution in [3.8, 4) is 0 Å². The summed E-state index contributed by atoms with van der Waals surface area (Å²) in [4.78, 5) is 28.5. The first kappa shape index (κ1) is 15.9. The Bertz CT molecular complexity index is 827. The second kappa shape index (κ2) is 6.35. The zero-order valence-corrected chi connectivity index (χ0v) is 14.4. The summed E-state index contributed by atoms with van der Waals surface area (Å²) in [6.07, 6.45) is 2.51. The Kier molecular flexibility index (Phi) is 4.03. The number of hydrogen-bond acceptors (Lipinski definition) is 3. The molecule has 0 fully saturated rings. The van der Waals surface area contributed by atoms with Crippen molar-refractivity contribution in [2.24, 2.45) is 0 Å². The SMILES string of the molecule is Cc1cc2n(n1)CCC(=O)N2CCCC(=O)N1CCc2ccccc21. The van der Waals surface area contributed by atoms with Crippen LogP contribution in [0.3, 0.4) is 0 Å². The molecule has 4 rings (SSSR count). The lowest BCUT2D eigenvalue weighted by Gasteiger charge is -2.27. The summed E-state index contributed by atoms with van der Waals surface area (Å²) in [6, 6.07) is 10.0. The molecule has 0 radical (unpaired) electrons. The van der Waals surface area contributed by atoms with Gasteiger partial charge in [-0.05, 0) is 31.4 Å². The van der Waals surface area contributed by atoms with E-state index in [-0.39, 0.29) is 11.8 Å². The first-order chi connectivity index (χ1) is 12.1. The van der Waals surface area contributed by atoms with E-state index < -0.39 is 0 Å². The number of aromatic nitrogens is 2. The topological polar surface area (TPSA) is 58.4 Å². The summed E-state index contributed by atoms with van der Waals surface area (Å²) < 4.78 is 1.88. The highest BCUT2D eigenvalue weighted by molar-refractivity contribution is 5.96. The molecule has 0 N–H and O–H groups in total. The number of hydrogen-bond donors (Lipinski definition) is 0. The average Bonchev–Trinajstić information content (AvgIpc) is 3.19. The zero-order valence-electron chi connectivity index (χ0n) is 14.4. The molecule has 2 amide bonds.